The first-order valence-corrected chi connectivity index (χ1v) is 10.5. The first-order valence-electron chi connectivity index (χ1n) is 9.62. The molecule has 2 aromatic heterocycles. The first-order chi connectivity index (χ1) is 14.1. The highest BCUT2D eigenvalue weighted by molar-refractivity contribution is 8.00. The number of benzene rings is 1. The van der Waals surface area contributed by atoms with Crippen LogP contribution in [0.15, 0.2) is 66.6 Å². The SMILES string of the molecule is C=CCn1c(SC(C)C(=O)N2c3ccccc3CC2C)nnc1-c1ccncc1. The number of amides is 1. The highest BCUT2D eigenvalue weighted by Crippen LogP contribution is 2.35. The summed E-state index contributed by atoms with van der Waals surface area (Å²) in [5.74, 6) is 0.834. The van der Waals surface area contributed by atoms with Crippen LogP contribution in [-0.2, 0) is 17.8 Å². The molecule has 2 atom stereocenters. The van der Waals surface area contributed by atoms with E-state index in [4.69, 9.17) is 0 Å². The molecule has 148 valence electrons. The maximum Gasteiger partial charge on any atom is 0.240 e. The van der Waals surface area contributed by atoms with Crippen LogP contribution in [-0.4, -0.2) is 36.9 Å². The fraction of sp³-hybridized carbons (Fsp3) is 0.273. The second-order valence-electron chi connectivity index (χ2n) is 7.09. The van der Waals surface area contributed by atoms with Crippen molar-refractivity contribution in [1.82, 2.24) is 19.7 Å². The van der Waals surface area contributed by atoms with Crippen molar-refractivity contribution in [3.8, 4) is 11.4 Å². The molecule has 29 heavy (non-hydrogen) atoms. The highest BCUT2D eigenvalue weighted by Gasteiger charge is 2.34. The molecule has 4 rings (SSSR count). The quantitative estimate of drug-likeness (QED) is 0.458. The molecule has 0 bridgehead atoms. The number of pyridine rings is 1. The van der Waals surface area contributed by atoms with E-state index >= 15 is 0 Å². The van der Waals surface area contributed by atoms with E-state index < -0.39 is 0 Å². The first kappa shape index (κ1) is 19.4. The van der Waals surface area contributed by atoms with Crippen molar-refractivity contribution >= 4 is 23.4 Å². The van der Waals surface area contributed by atoms with E-state index in [1.807, 2.05) is 52.8 Å². The molecule has 0 N–H and O–H groups in total. The average Bonchev–Trinajstić information content (AvgIpc) is 3.28. The molecule has 1 aromatic carbocycles. The molecule has 3 aromatic rings. The van der Waals surface area contributed by atoms with Gasteiger partial charge in [0.1, 0.15) is 0 Å². The molecule has 0 fully saturated rings. The summed E-state index contributed by atoms with van der Waals surface area (Å²) in [5, 5.41) is 9.13. The lowest BCUT2D eigenvalue weighted by Gasteiger charge is -2.25. The number of fused-ring (bicyclic) bond motifs is 1. The number of aromatic nitrogens is 4. The predicted molar refractivity (Wildman–Crippen MR) is 116 cm³/mol. The van der Waals surface area contributed by atoms with Crippen molar-refractivity contribution in [2.75, 3.05) is 4.90 Å². The number of thioether (sulfide) groups is 1. The monoisotopic (exact) mass is 405 g/mol. The van der Waals surface area contributed by atoms with E-state index in [-0.39, 0.29) is 17.2 Å². The van der Waals surface area contributed by atoms with Gasteiger partial charge in [-0.3, -0.25) is 14.3 Å². The highest BCUT2D eigenvalue weighted by atomic mass is 32.2. The maximum atomic E-state index is 13.3. The van der Waals surface area contributed by atoms with Gasteiger partial charge in [0.2, 0.25) is 5.91 Å². The normalized spacial score (nSPS) is 16.5. The largest absolute Gasteiger partial charge is 0.308 e. The standard InChI is InChI=1S/C22H23N5OS/c1-4-13-26-20(17-9-11-23-12-10-17)24-25-22(26)29-16(3)21(28)27-15(2)14-18-7-5-6-8-19(18)27/h4-12,15-16H,1,13-14H2,2-3H3. The molecule has 0 saturated heterocycles. The zero-order chi connectivity index (χ0) is 20.4. The zero-order valence-corrected chi connectivity index (χ0v) is 17.3. The molecule has 1 aliphatic rings. The van der Waals surface area contributed by atoms with Gasteiger partial charge >= 0.3 is 0 Å². The number of allylic oxidation sites excluding steroid dienone is 1. The number of carbonyl (C=O) groups excluding carboxylic acids is 1. The van der Waals surface area contributed by atoms with Gasteiger partial charge in [0.15, 0.2) is 11.0 Å². The molecule has 3 heterocycles. The molecule has 1 amide bonds. The lowest BCUT2D eigenvalue weighted by Crippen LogP contribution is -2.40. The van der Waals surface area contributed by atoms with E-state index in [9.17, 15) is 4.79 Å². The molecule has 2 unspecified atom stereocenters. The minimum Gasteiger partial charge on any atom is -0.308 e. The van der Waals surface area contributed by atoms with Crippen LogP contribution >= 0.6 is 11.8 Å². The van der Waals surface area contributed by atoms with Gasteiger partial charge in [-0.25, -0.2) is 0 Å². The van der Waals surface area contributed by atoms with Gasteiger partial charge in [0, 0.05) is 36.2 Å². The Morgan fingerprint density at radius 2 is 2.03 bits per heavy atom. The van der Waals surface area contributed by atoms with Crippen LogP contribution in [0.1, 0.15) is 19.4 Å². The average molecular weight is 406 g/mol. The Morgan fingerprint density at radius 3 is 2.79 bits per heavy atom. The van der Waals surface area contributed by atoms with Gasteiger partial charge < -0.3 is 4.90 Å². The minimum absolute atomic E-state index is 0.0889. The fourth-order valence-electron chi connectivity index (χ4n) is 3.69. The summed E-state index contributed by atoms with van der Waals surface area (Å²) >= 11 is 1.43. The summed E-state index contributed by atoms with van der Waals surface area (Å²) in [4.78, 5) is 19.3. The van der Waals surface area contributed by atoms with E-state index in [1.54, 1.807) is 12.4 Å². The van der Waals surface area contributed by atoms with Crippen LogP contribution in [0.25, 0.3) is 11.4 Å². The summed E-state index contributed by atoms with van der Waals surface area (Å²) in [6, 6.07) is 12.1. The lowest BCUT2D eigenvalue weighted by atomic mass is 10.1. The zero-order valence-electron chi connectivity index (χ0n) is 16.5. The third-order valence-electron chi connectivity index (χ3n) is 5.04. The third-order valence-corrected chi connectivity index (χ3v) is 6.11. The van der Waals surface area contributed by atoms with Crippen LogP contribution in [0.2, 0.25) is 0 Å². The van der Waals surface area contributed by atoms with Crippen LogP contribution in [0.5, 0.6) is 0 Å². The van der Waals surface area contributed by atoms with Gasteiger partial charge in [-0.2, -0.15) is 0 Å². The minimum atomic E-state index is -0.290. The van der Waals surface area contributed by atoms with Crippen LogP contribution in [0, 0.1) is 0 Å². The lowest BCUT2D eigenvalue weighted by molar-refractivity contribution is -0.118. The second-order valence-corrected chi connectivity index (χ2v) is 8.40. The fourth-order valence-corrected chi connectivity index (χ4v) is 4.60. The van der Waals surface area contributed by atoms with Gasteiger partial charge in [-0.1, -0.05) is 36.0 Å². The van der Waals surface area contributed by atoms with E-state index in [1.165, 1.54) is 17.3 Å². The Hall–Kier alpha value is -2.93. The van der Waals surface area contributed by atoms with Crippen LogP contribution in [0.4, 0.5) is 5.69 Å². The number of nitrogens with zero attached hydrogens (tertiary/aromatic N) is 5. The number of anilines is 1. The van der Waals surface area contributed by atoms with Crippen molar-refractivity contribution in [2.45, 2.75) is 43.3 Å². The Morgan fingerprint density at radius 1 is 1.28 bits per heavy atom. The van der Waals surface area contributed by atoms with E-state index in [0.29, 0.717) is 11.7 Å². The number of hydrogen-bond acceptors (Lipinski definition) is 5. The van der Waals surface area contributed by atoms with E-state index in [2.05, 4.69) is 34.8 Å². The van der Waals surface area contributed by atoms with Gasteiger partial charge in [0.05, 0.1) is 5.25 Å². The number of rotatable bonds is 6. The second kappa shape index (κ2) is 8.21. The third kappa shape index (κ3) is 3.70. The number of hydrogen-bond donors (Lipinski definition) is 0. The predicted octanol–water partition coefficient (Wildman–Crippen LogP) is 3.98. The molecule has 0 saturated carbocycles. The molecular formula is C22H23N5OS. The molecule has 6 nitrogen and oxygen atoms in total. The summed E-state index contributed by atoms with van der Waals surface area (Å²) < 4.78 is 1.98. The summed E-state index contributed by atoms with van der Waals surface area (Å²) in [7, 11) is 0. The molecular weight excluding hydrogens is 382 g/mol. The molecule has 0 aliphatic carbocycles. The Labute approximate surface area is 174 Å². The Bertz CT molecular complexity index is 1030. The van der Waals surface area contributed by atoms with Crippen molar-refractivity contribution < 1.29 is 4.79 Å². The van der Waals surface area contributed by atoms with Gasteiger partial charge in [0.25, 0.3) is 0 Å². The Balaban J connectivity index is 1.59. The smallest absolute Gasteiger partial charge is 0.240 e. The van der Waals surface area contributed by atoms with Crippen LogP contribution < -0.4 is 4.90 Å². The number of para-hydroxylation sites is 1. The number of carbonyl (C=O) groups is 1. The summed E-state index contributed by atoms with van der Waals surface area (Å²) in [6.45, 7) is 8.44. The summed E-state index contributed by atoms with van der Waals surface area (Å²) in [5.41, 5.74) is 3.17. The van der Waals surface area contributed by atoms with Gasteiger partial charge in [-0.05, 0) is 44.0 Å². The maximum absolute atomic E-state index is 13.3. The van der Waals surface area contributed by atoms with Crippen molar-refractivity contribution in [1.29, 1.82) is 0 Å². The van der Waals surface area contributed by atoms with Gasteiger partial charge in [-0.15, -0.1) is 16.8 Å². The topological polar surface area (TPSA) is 63.9 Å². The summed E-state index contributed by atoms with van der Waals surface area (Å²) in [6.07, 6.45) is 6.16. The van der Waals surface area contributed by atoms with Crippen molar-refractivity contribution in [2.24, 2.45) is 0 Å². The van der Waals surface area contributed by atoms with Crippen molar-refractivity contribution in [3.63, 3.8) is 0 Å². The van der Waals surface area contributed by atoms with Crippen molar-refractivity contribution in [3.05, 3.63) is 67.0 Å². The van der Waals surface area contributed by atoms with Crippen LogP contribution in [0.3, 0.4) is 0 Å². The molecule has 1 aliphatic heterocycles. The molecule has 0 radical (unpaired) electrons. The molecule has 0 spiro atoms. The molecule has 7 heteroatoms. The van der Waals surface area contributed by atoms with E-state index in [0.717, 1.165) is 23.5 Å². The Kier molecular flexibility index (Phi) is 5.49.